The number of rotatable bonds is 5. The van der Waals surface area contributed by atoms with Gasteiger partial charge in [-0.15, -0.1) is 0 Å². The number of hydrogen-bond acceptors (Lipinski definition) is 6. The first kappa shape index (κ1) is 16.2. The lowest BCUT2D eigenvalue weighted by Gasteiger charge is -2.23. The molecule has 0 saturated carbocycles. The van der Waals surface area contributed by atoms with Crippen molar-refractivity contribution in [3.8, 4) is 0 Å². The van der Waals surface area contributed by atoms with Gasteiger partial charge in [-0.25, -0.2) is 8.42 Å². The molecule has 0 unspecified atom stereocenters. The molecule has 0 amide bonds. The molecule has 0 fully saturated rings. The highest BCUT2D eigenvalue weighted by atomic mass is 32.2. The molecule has 1 aromatic heterocycles. The number of anilines is 1. The Hall–Kier alpha value is -1.83. The van der Waals surface area contributed by atoms with Crippen molar-refractivity contribution in [3.63, 3.8) is 0 Å². The van der Waals surface area contributed by atoms with Crippen LogP contribution in [0.15, 0.2) is 11.2 Å². The summed E-state index contributed by atoms with van der Waals surface area (Å²) in [5.41, 5.74) is 8.28. The SMILES string of the molecule is Cc1cc(N(C)CCS(C)(=O)=O)c(/C(N)=N/O)c(C)n1. The van der Waals surface area contributed by atoms with Crippen LogP contribution in [0.1, 0.15) is 17.0 Å². The van der Waals surface area contributed by atoms with Crippen molar-refractivity contribution in [1.29, 1.82) is 0 Å². The fraction of sp³-hybridized carbons (Fsp3) is 0.500. The van der Waals surface area contributed by atoms with Gasteiger partial charge in [0, 0.05) is 25.5 Å². The van der Waals surface area contributed by atoms with Gasteiger partial charge in [0.25, 0.3) is 0 Å². The Morgan fingerprint density at radius 1 is 1.50 bits per heavy atom. The molecule has 112 valence electrons. The summed E-state index contributed by atoms with van der Waals surface area (Å²) in [5, 5.41) is 11.9. The number of hydrogen-bond donors (Lipinski definition) is 2. The van der Waals surface area contributed by atoms with Crippen LogP contribution in [0.2, 0.25) is 0 Å². The number of pyridine rings is 1. The minimum Gasteiger partial charge on any atom is -0.409 e. The Morgan fingerprint density at radius 3 is 2.60 bits per heavy atom. The first-order chi connectivity index (χ1) is 9.15. The first-order valence-corrected chi connectivity index (χ1v) is 8.06. The second-order valence-electron chi connectivity index (χ2n) is 4.78. The molecule has 0 aliphatic carbocycles. The van der Waals surface area contributed by atoms with Crippen LogP contribution in [0.25, 0.3) is 0 Å². The molecule has 1 aromatic rings. The van der Waals surface area contributed by atoms with Crippen molar-refractivity contribution in [2.75, 3.05) is 30.5 Å². The van der Waals surface area contributed by atoms with Crippen LogP contribution in [0, 0.1) is 13.8 Å². The number of sulfone groups is 1. The summed E-state index contributed by atoms with van der Waals surface area (Å²) in [4.78, 5) is 6.04. The van der Waals surface area contributed by atoms with Crippen LogP contribution in [0.4, 0.5) is 5.69 Å². The van der Waals surface area contributed by atoms with Gasteiger partial charge >= 0.3 is 0 Å². The second kappa shape index (κ2) is 6.08. The van der Waals surface area contributed by atoms with Gasteiger partial charge in [-0.1, -0.05) is 5.16 Å². The Kier molecular flexibility index (Phi) is 4.93. The fourth-order valence-electron chi connectivity index (χ4n) is 1.90. The number of amidine groups is 1. The molecular weight excluding hydrogens is 280 g/mol. The van der Waals surface area contributed by atoms with E-state index in [1.54, 1.807) is 24.9 Å². The monoisotopic (exact) mass is 300 g/mol. The summed E-state index contributed by atoms with van der Waals surface area (Å²) in [7, 11) is -1.30. The fourth-order valence-corrected chi connectivity index (χ4v) is 2.50. The van der Waals surface area contributed by atoms with Crippen molar-refractivity contribution in [2.24, 2.45) is 10.9 Å². The van der Waals surface area contributed by atoms with Gasteiger partial charge in [0.1, 0.15) is 9.84 Å². The van der Waals surface area contributed by atoms with E-state index in [1.165, 1.54) is 6.26 Å². The van der Waals surface area contributed by atoms with Crippen LogP contribution in [0.5, 0.6) is 0 Å². The van der Waals surface area contributed by atoms with Crippen molar-refractivity contribution in [3.05, 3.63) is 23.0 Å². The van der Waals surface area contributed by atoms with Crippen LogP contribution in [-0.2, 0) is 9.84 Å². The van der Waals surface area contributed by atoms with Crippen molar-refractivity contribution in [2.45, 2.75) is 13.8 Å². The normalized spacial score (nSPS) is 12.5. The van der Waals surface area contributed by atoms with Crippen LogP contribution in [-0.4, -0.2) is 50.0 Å². The summed E-state index contributed by atoms with van der Waals surface area (Å²) in [6.45, 7) is 3.90. The average Bonchev–Trinajstić information content (AvgIpc) is 2.33. The van der Waals surface area contributed by atoms with E-state index in [0.29, 0.717) is 23.5 Å². The van der Waals surface area contributed by atoms with E-state index < -0.39 is 9.84 Å². The maximum absolute atomic E-state index is 11.2. The zero-order valence-electron chi connectivity index (χ0n) is 12.1. The summed E-state index contributed by atoms with van der Waals surface area (Å²) >= 11 is 0. The van der Waals surface area contributed by atoms with Gasteiger partial charge < -0.3 is 15.8 Å². The maximum atomic E-state index is 11.2. The van der Waals surface area contributed by atoms with E-state index in [1.807, 2.05) is 6.92 Å². The molecule has 0 radical (unpaired) electrons. The maximum Gasteiger partial charge on any atom is 0.174 e. The van der Waals surface area contributed by atoms with Gasteiger partial charge in [0.15, 0.2) is 5.84 Å². The van der Waals surface area contributed by atoms with E-state index in [4.69, 9.17) is 10.9 Å². The molecule has 0 aromatic carbocycles. The molecule has 1 heterocycles. The highest BCUT2D eigenvalue weighted by molar-refractivity contribution is 7.90. The summed E-state index contributed by atoms with van der Waals surface area (Å²) in [6.07, 6.45) is 1.19. The minimum absolute atomic E-state index is 0.0273. The summed E-state index contributed by atoms with van der Waals surface area (Å²) < 4.78 is 22.5. The van der Waals surface area contributed by atoms with E-state index in [-0.39, 0.29) is 11.6 Å². The number of aromatic nitrogens is 1. The Morgan fingerprint density at radius 2 is 2.10 bits per heavy atom. The van der Waals surface area contributed by atoms with E-state index in [2.05, 4.69) is 10.1 Å². The van der Waals surface area contributed by atoms with E-state index in [9.17, 15) is 8.42 Å². The predicted octanol–water partition coefficient (Wildman–Crippen LogP) is 0.274. The standard InChI is InChI=1S/C12H20N4O3S/c1-8-7-10(16(3)5-6-20(4,18)19)11(9(2)14-8)12(13)15-17/h7,17H,5-6H2,1-4H3,(H2,13,15). The third-order valence-corrected chi connectivity index (χ3v) is 3.80. The predicted molar refractivity (Wildman–Crippen MR) is 79.2 cm³/mol. The quantitative estimate of drug-likeness (QED) is 0.350. The van der Waals surface area contributed by atoms with Gasteiger partial charge in [0.05, 0.1) is 22.7 Å². The molecule has 20 heavy (non-hydrogen) atoms. The van der Waals surface area contributed by atoms with Crippen LogP contribution < -0.4 is 10.6 Å². The summed E-state index contributed by atoms with van der Waals surface area (Å²) in [5.74, 6) is -0.0179. The number of aryl methyl sites for hydroxylation is 2. The first-order valence-electron chi connectivity index (χ1n) is 6.00. The van der Waals surface area contributed by atoms with Crippen LogP contribution in [0.3, 0.4) is 0 Å². The van der Waals surface area contributed by atoms with Crippen molar-refractivity contribution in [1.82, 2.24) is 4.98 Å². The molecular formula is C12H20N4O3S. The van der Waals surface area contributed by atoms with Crippen molar-refractivity contribution < 1.29 is 13.6 Å². The lowest BCUT2D eigenvalue weighted by molar-refractivity contribution is 0.318. The summed E-state index contributed by atoms with van der Waals surface area (Å²) in [6, 6.07) is 1.78. The molecule has 3 N–H and O–H groups in total. The largest absolute Gasteiger partial charge is 0.409 e. The topological polar surface area (TPSA) is 109 Å². The van der Waals surface area contributed by atoms with E-state index >= 15 is 0 Å². The molecule has 0 spiro atoms. The highest BCUT2D eigenvalue weighted by Gasteiger charge is 2.17. The number of oxime groups is 1. The molecule has 8 heteroatoms. The third kappa shape index (κ3) is 4.09. The van der Waals surface area contributed by atoms with Gasteiger partial charge in [-0.3, -0.25) is 4.98 Å². The van der Waals surface area contributed by atoms with Gasteiger partial charge in [-0.05, 0) is 19.9 Å². The average molecular weight is 300 g/mol. The Labute approximate surface area is 119 Å². The number of nitrogens with zero attached hydrogens (tertiary/aromatic N) is 3. The zero-order chi connectivity index (χ0) is 15.5. The molecule has 0 saturated heterocycles. The lowest BCUT2D eigenvalue weighted by Crippen LogP contribution is -2.28. The zero-order valence-corrected chi connectivity index (χ0v) is 12.9. The molecule has 0 aliphatic rings. The Bertz CT molecular complexity index is 626. The molecule has 0 atom stereocenters. The van der Waals surface area contributed by atoms with Crippen LogP contribution >= 0.6 is 0 Å². The molecule has 0 bridgehead atoms. The second-order valence-corrected chi connectivity index (χ2v) is 7.04. The molecule has 0 aliphatic heterocycles. The highest BCUT2D eigenvalue weighted by Crippen LogP contribution is 2.23. The van der Waals surface area contributed by atoms with Crippen molar-refractivity contribution >= 4 is 21.4 Å². The minimum atomic E-state index is -3.05. The molecule has 1 rings (SSSR count). The van der Waals surface area contributed by atoms with E-state index in [0.717, 1.165) is 5.69 Å². The molecule has 7 nitrogen and oxygen atoms in total. The van der Waals surface area contributed by atoms with Gasteiger partial charge in [0.2, 0.25) is 0 Å². The Balaban J connectivity index is 3.22. The lowest BCUT2D eigenvalue weighted by atomic mass is 10.1. The third-order valence-electron chi connectivity index (χ3n) is 2.88. The van der Waals surface area contributed by atoms with Gasteiger partial charge in [-0.2, -0.15) is 0 Å². The number of nitrogens with two attached hydrogens (primary N) is 1. The smallest absolute Gasteiger partial charge is 0.174 e.